The van der Waals surface area contributed by atoms with Crippen LogP contribution in [0.25, 0.3) is 0 Å². The van der Waals surface area contributed by atoms with Crippen molar-refractivity contribution >= 4 is 5.97 Å². The van der Waals surface area contributed by atoms with Crippen LogP contribution in [-0.2, 0) is 4.79 Å². The van der Waals surface area contributed by atoms with Crippen molar-refractivity contribution < 1.29 is 9.90 Å². The molecule has 2 N–H and O–H groups in total. The predicted molar refractivity (Wildman–Crippen MR) is 84.6 cm³/mol. The van der Waals surface area contributed by atoms with Gasteiger partial charge in [0.05, 0.1) is 0 Å². The van der Waals surface area contributed by atoms with Crippen molar-refractivity contribution in [1.82, 2.24) is 15.1 Å². The number of rotatable bonds is 6. The van der Waals surface area contributed by atoms with Gasteiger partial charge in [0.15, 0.2) is 0 Å². The van der Waals surface area contributed by atoms with Crippen molar-refractivity contribution in [3.8, 4) is 0 Å². The Hall–Kier alpha value is -0.650. The number of aliphatic carboxylic acids is 1. The Balaban J connectivity index is 1.89. The van der Waals surface area contributed by atoms with Gasteiger partial charge in [-0.15, -0.1) is 0 Å². The molecule has 21 heavy (non-hydrogen) atoms. The molecule has 1 aliphatic heterocycles. The minimum atomic E-state index is -0.687. The van der Waals surface area contributed by atoms with Gasteiger partial charge in [0.1, 0.15) is 5.54 Å². The van der Waals surface area contributed by atoms with E-state index in [2.05, 4.69) is 29.0 Å². The lowest BCUT2D eigenvalue weighted by atomic mass is 9.97. The van der Waals surface area contributed by atoms with Gasteiger partial charge in [0.25, 0.3) is 0 Å². The average Bonchev–Trinajstić information content (AvgIpc) is 2.93. The Morgan fingerprint density at radius 3 is 2.52 bits per heavy atom. The van der Waals surface area contributed by atoms with E-state index in [1.165, 1.54) is 6.42 Å². The summed E-state index contributed by atoms with van der Waals surface area (Å²) in [5.41, 5.74) is -0.687. The van der Waals surface area contributed by atoms with Crippen molar-refractivity contribution in [2.75, 3.05) is 32.7 Å². The monoisotopic (exact) mass is 297 g/mol. The largest absolute Gasteiger partial charge is 0.480 e. The van der Waals surface area contributed by atoms with Gasteiger partial charge in [-0.3, -0.25) is 14.6 Å². The maximum atomic E-state index is 11.6. The number of nitrogens with one attached hydrogen (secondary N) is 1. The quantitative estimate of drug-likeness (QED) is 0.776. The van der Waals surface area contributed by atoms with Gasteiger partial charge in [0.2, 0.25) is 0 Å². The number of piperazine rings is 1. The first kappa shape index (κ1) is 16.7. The number of carboxylic acids is 1. The number of hydrogen-bond acceptors (Lipinski definition) is 4. The van der Waals surface area contributed by atoms with E-state index in [9.17, 15) is 9.90 Å². The third kappa shape index (κ3) is 3.58. The molecule has 0 spiro atoms. The standard InChI is InChI=1S/C16H31N3O2/c1-4-13(3)18-8-10-19(11-9-18)14-6-7-16(12-14,15(20)21)17-5-2/h13-14,17H,4-12H2,1-3H3,(H,20,21). The number of carboxylic acid groups (broad SMARTS) is 1. The second kappa shape index (κ2) is 7.07. The molecule has 0 aromatic rings. The SMILES string of the molecule is CCNC1(C(=O)O)CCC(N2CCN(C(C)CC)CC2)C1. The predicted octanol–water partition coefficient (Wildman–Crippen LogP) is 1.39. The van der Waals surface area contributed by atoms with Gasteiger partial charge < -0.3 is 10.4 Å². The zero-order valence-corrected chi connectivity index (χ0v) is 13.8. The molecule has 0 radical (unpaired) electrons. The van der Waals surface area contributed by atoms with E-state index >= 15 is 0 Å². The molecule has 0 bridgehead atoms. The lowest BCUT2D eigenvalue weighted by Gasteiger charge is -2.40. The Labute approximate surface area is 128 Å². The Bertz CT molecular complexity index is 355. The highest BCUT2D eigenvalue weighted by Gasteiger charge is 2.46. The number of hydrogen-bond donors (Lipinski definition) is 2. The van der Waals surface area contributed by atoms with Crippen LogP contribution in [0.15, 0.2) is 0 Å². The highest BCUT2D eigenvalue weighted by Crippen LogP contribution is 2.34. The van der Waals surface area contributed by atoms with Crippen molar-refractivity contribution in [1.29, 1.82) is 0 Å². The van der Waals surface area contributed by atoms with Gasteiger partial charge in [-0.2, -0.15) is 0 Å². The highest BCUT2D eigenvalue weighted by atomic mass is 16.4. The van der Waals surface area contributed by atoms with E-state index in [0.29, 0.717) is 12.1 Å². The van der Waals surface area contributed by atoms with Crippen LogP contribution in [0.1, 0.15) is 46.5 Å². The molecule has 2 aliphatic rings. The average molecular weight is 297 g/mol. The van der Waals surface area contributed by atoms with Crippen molar-refractivity contribution in [2.45, 2.75) is 64.1 Å². The van der Waals surface area contributed by atoms with Crippen molar-refractivity contribution in [3.05, 3.63) is 0 Å². The second-order valence-electron chi connectivity index (χ2n) is 6.64. The molecule has 3 atom stereocenters. The molecule has 0 aromatic heterocycles. The Morgan fingerprint density at radius 1 is 1.33 bits per heavy atom. The van der Waals surface area contributed by atoms with Gasteiger partial charge in [-0.05, 0) is 39.2 Å². The van der Waals surface area contributed by atoms with E-state index in [0.717, 1.165) is 52.0 Å². The highest BCUT2D eigenvalue weighted by molar-refractivity contribution is 5.79. The van der Waals surface area contributed by atoms with Crippen LogP contribution in [-0.4, -0.2) is 71.2 Å². The summed E-state index contributed by atoms with van der Waals surface area (Å²) in [5.74, 6) is -0.676. The summed E-state index contributed by atoms with van der Waals surface area (Å²) < 4.78 is 0. The fraction of sp³-hybridized carbons (Fsp3) is 0.938. The third-order valence-corrected chi connectivity index (χ3v) is 5.49. The molecule has 0 amide bonds. The van der Waals surface area contributed by atoms with Gasteiger partial charge in [-0.1, -0.05) is 13.8 Å². The van der Waals surface area contributed by atoms with Crippen LogP contribution in [0.3, 0.4) is 0 Å². The Morgan fingerprint density at radius 2 is 2.00 bits per heavy atom. The summed E-state index contributed by atoms with van der Waals surface area (Å²) >= 11 is 0. The lowest BCUT2D eigenvalue weighted by molar-refractivity contribution is -0.144. The molecular weight excluding hydrogens is 266 g/mol. The van der Waals surface area contributed by atoms with Crippen LogP contribution in [0.5, 0.6) is 0 Å². The van der Waals surface area contributed by atoms with E-state index in [-0.39, 0.29) is 0 Å². The molecule has 5 heteroatoms. The van der Waals surface area contributed by atoms with Gasteiger partial charge in [0, 0.05) is 38.3 Å². The zero-order chi connectivity index (χ0) is 15.5. The number of nitrogens with zero attached hydrogens (tertiary/aromatic N) is 2. The first-order chi connectivity index (χ1) is 10.0. The fourth-order valence-electron chi connectivity index (χ4n) is 3.90. The Kier molecular flexibility index (Phi) is 5.63. The smallest absolute Gasteiger partial charge is 0.323 e. The minimum absolute atomic E-state index is 0.430. The summed E-state index contributed by atoms with van der Waals surface area (Å²) in [4.78, 5) is 16.7. The second-order valence-corrected chi connectivity index (χ2v) is 6.64. The molecule has 122 valence electrons. The van der Waals surface area contributed by atoms with Crippen LogP contribution >= 0.6 is 0 Å². The van der Waals surface area contributed by atoms with Gasteiger partial charge in [-0.25, -0.2) is 0 Å². The summed E-state index contributed by atoms with van der Waals surface area (Å²) in [6, 6.07) is 1.09. The van der Waals surface area contributed by atoms with Crippen LogP contribution in [0.4, 0.5) is 0 Å². The summed E-state index contributed by atoms with van der Waals surface area (Å²) in [6.07, 6.45) is 3.71. The fourth-order valence-corrected chi connectivity index (χ4v) is 3.90. The first-order valence-corrected chi connectivity index (χ1v) is 8.49. The lowest BCUT2D eigenvalue weighted by Crippen LogP contribution is -2.54. The van der Waals surface area contributed by atoms with Gasteiger partial charge >= 0.3 is 5.97 Å². The summed E-state index contributed by atoms with van der Waals surface area (Å²) in [6.45, 7) is 11.6. The molecule has 2 fully saturated rings. The molecule has 5 nitrogen and oxygen atoms in total. The molecule has 1 heterocycles. The molecule has 0 aromatic carbocycles. The maximum Gasteiger partial charge on any atom is 0.323 e. The summed E-state index contributed by atoms with van der Waals surface area (Å²) in [5, 5.41) is 12.8. The van der Waals surface area contributed by atoms with Crippen molar-refractivity contribution in [3.63, 3.8) is 0 Å². The number of likely N-dealkylation sites (N-methyl/N-ethyl adjacent to an activating group) is 1. The van der Waals surface area contributed by atoms with Crippen LogP contribution < -0.4 is 5.32 Å². The van der Waals surface area contributed by atoms with E-state index in [4.69, 9.17) is 0 Å². The molecule has 1 saturated heterocycles. The normalized spacial score (nSPS) is 33.2. The first-order valence-electron chi connectivity index (χ1n) is 8.49. The molecule has 3 unspecified atom stereocenters. The molecular formula is C16H31N3O2. The zero-order valence-electron chi connectivity index (χ0n) is 13.8. The van der Waals surface area contributed by atoms with Crippen LogP contribution in [0.2, 0.25) is 0 Å². The maximum absolute atomic E-state index is 11.6. The van der Waals surface area contributed by atoms with E-state index in [1.807, 2.05) is 6.92 Å². The van der Waals surface area contributed by atoms with Crippen LogP contribution in [0, 0.1) is 0 Å². The minimum Gasteiger partial charge on any atom is -0.480 e. The summed E-state index contributed by atoms with van der Waals surface area (Å²) in [7, 11) is 0. The third-order valence-electron chi connectivity index (χ3n) is 5.49. The molecule has 1 saturated carbocycles. The van der Waals surface area contributed by atoms with E-state index in [1.54, 1.807) is 0 Å². The molecule has 2 rings (SSSR count). The van der Waals surface area contributed by atoms with E-state index < -0.39 is 11.5 Å². The number of carbonyl (C=O) groups is 1. The molecule has 1 aliphatic carbocycles. The topological polar surface area (TPSA) is 55.8 Å². The van der Waals surface area contributed by atoms with Crippen molar-refractivity contribution in [2.24, 2.45) is 0 Å².